The van der Waals surface area contributed by atoms with Gasteiger partial charge in [-0.1, -0.05) is 13.8 Å². The molecule has 0 aromatic rings. The molecule has 1 aliphatic heterocycles. The van der Waals surface area contributed by atoms with Crippen molar-refractivity contribution in [2.24, 2.45) is 5.92 Å². The van der Waals surface area contributed by atoms with Crippen LogP contribution in [0.1, 0.15) is 47.0 Å². The number of carbonyl (C=O) groups is 2. The molecular formula is C14H26N2O3. The summed E-state index contributed by atoms with van der Waals surface area (Å²) in [6, 6.07) is 0.552. The highest BCUT2D eigenvalue weighted by molar-refractivity contribution is 5.77. The third-order valence-corrected chi connectivity index (χ3v) is 4.05. The van der Waals surface area contributed by atoms with Crippen molar-refractivity contribution in [3.05, 3.63) is 0 Å². The fourth-order valence-corrected chi connectivity index (χ4v) is 2.73. The second-order valence-corrected chi connectivity index (χ2v) is 5.46. The summed E-state index contributed by atoms with van der Waals surface area (Å²) in [5.74, 6) is -1.38. The fraction of sp³-hybridized carbons (Fsp3) is 0.857. The van der Waals surface area contributed by atoms with Crippen LogP contribution in [0, 0.1) is 5.92 Å². The molecule has 0 aromatic heterocycles. The largest absolute Gasteiger partial charge is 0.481 e. The molecule has 2 amide bonds. The second kappa shape index (κ2) is 6.78. The summed E-state index contributed by atoms with van der Waals surface area (Å²) in [5, 5.41) is 8.97. The monoisotopic (exact) mass is 270 g/mol. The Balaban J connectivity index is 2.74. The van der Waals surface area contributed by atoms with E-state index in [4.69, 9.17) is 5.11 Å². The van der Waals surface area contributed by atoms with Gasteiger partial charge in [0.1, 0.15) is 0 Å². The first-order chi connectivity index (χ1) is 8.92. The number of urea groups is 1. The summed E-state index contributed by atoms with van der Waals surface area (Å²) in [6.07, 6.45) is 3.05. The van der Waals surface area contributed by atoms with Crippen molar-refractivity contribution in [3.8, 4) is 0 Å². The van der Waals surface area contributed by atoms with Crippen LogP contribution in [-0.2, 0) is 4.79 Å². The zero-order valence-electron chi connectivity index (χ0n) is 12.4. The number of carboxylic acids is 1. The number of likely N-dealkylation sites (tertiary alicyclic amines) is 1. The van der Waals surface area contributed by atoms with E-state index in [0.29, 0.717) is 12.6 Å². The van der Waals surface area contributed by atoms with Crippen molar-refractivity contribution in [1.29, 1.82) is 0 Å². The van der Waals surface area contributed by atoms with Crippen molar-refractivity contribution < 1.29 is 14.7 Å². The first-order valence-electron chi connectivity index (χ1n) is 7.22. The summed E-state index contributed by atoms with van der Waals surface area (Å²) in [6.45, 7) is 8.54. The minimum absolute atomic E-state index is 0.00699. The summed E-state index contributed by atoms with van der Waals surface area (Å²) < 4.78 is 0. The van der Waals surface area contributed by atoms with Crippen LogP contribution >= 0.6 is 0 Å². The van der Waals surface area contributed by atoms with E-state index in [-0.39, 0.29) is 18.6 Å². The van der Waals surface area contributed by atoms with Gasteiger partial charge in [-0.05, 0) is 33.1 Å². The standard InChI is InChI=1S/C14H26N2O3/c1-5-12-8-7-11(4)16(12)14(19)15(6-2)9-10(3)13(17)18/h10-12H,5-9H2,1-4H3,(H,17,18). The van der Waals surface area contributed by atoms with E-state index in [1.165, 1.54) is 0 Å². The summed E-state index contributed by atoms with van der Waals surface area (Å²) >= 11 is 0. The van der Waals surface area contributed by atoms with Gasteiger partial charge < -0.3 is 14.9 Å². The highest BCUT2D eigenvalue weighted by Gasteiger charge is 2.35. The van der Waals surface area contributed by atoms with Crippen LogP contribution in [0.25, 0.3) is 0 Å². The van der Waals surface area contributed by atoms with Gasteiger partial charge in [0.25, 0.3) is 0 Å². The molecule has 1 N–H and O–H groups in total. The van der Waals surface area contributed by atoms with Crippen molar-refractivity contribution in [2.45, 2.75) is 59.0 Å². The molecule has 3 atom stereocenters. The number of nitrogens with zero attached hydrogens (tertiary/aromatic N) is 2. The van der Waals surface area contributed by atoms with Gasteiger partial charge in [-0.3, -0.25) is 4.79 Å². The quantitative estimate of drug-likeness (QED) is 0.834. The molecule has 5 nitrogen and oxygen atoms in total. The van der Waals surface area contributed by atoms with Crippen LogP contribution in [0.4, 0.5) is 4.79 Å². The third kappa shape index (κ3) is 3.61. The molecule has 0 aromatic carbocycles. The smallest absolute Gasteiger partial charge is 0.320 e. The van der Waals surface area contributed by atoms with Crippen LogP contribution < -0.4 is 0 Å². The number of carboxylic acid groups (broad SMARTS) is 1. The van der Waals surface area contributed by atoms with E-state index in [1.54, 1.807) is 11.8 Å². The van der Waals surface area contributed by atoms with Gasteiger partial charge in [-0.2, -0.15) is 0 Å². The Labute approximate surface area is 115 Å². The normalized spacial score (nSPS) is 24.3. The van der Waals surface area contributed by atoms with Crippen LogP contribution in [0.2, 0.25) is 0 Å². The van der Waals surface area contributed by atoms with Crippen LogP contribution in [0.3, 0.4) is 0 Å². The summed E-state index contributed by atoms with van der Waals surface area (Å²) in [5.41, 5.74) is 0. The Morgan fingerprint density at radius 2 is 2.00 bits per heavy atom. The Kier molecular flexibility index (Phi) is 5.63. The van der Waals surface area contributed by atoms with E-state index in [1.807, 2.05) is 11.8 Å². The highest BCUT2D eigenvalue weighted by atomic mass is 16.4. The molecule has 1 fully saturated rings. The Morgan fingerprint density at radius 3 is 2.47 bits per heavy atom. The number of amides is 2. The molecule has 0 spiro atoms. The van der Waals surface area contributed by atoms with Gasteiger partial charge in [0.2, 0.25) is 0 Å². The zero-order chi connectivity index (χ0) is 14.6. The maximum Gasteiger partial charge on any atom is 0.320 e. The van der Waals surface area contributed by atoms with Gasteiger partial charge in [0.05, 0.1) is 5.92 Å². The lowest BCUT2D eigenvalue weighted by Crippen LogP contribution is -2.49. The van der Waals surface area contributed by atoms with E-state index >= 15 is 0 Å². The summed E-state index contributed by atoms with van der Waals surface area (Å²) in [4.78, 5) is 27.1. The minimum atomic E-state index is -0.854. The molecule has 1 heterocycles. The SMILES string of the molecule is CCC1CCC(C)N1C(=O)N(CC)CC(C)C(=O)O. The molecule has 19 heavy (non-hydrogen) atoms. The molecule has 3 unspecified atom stereocenters. The lowest BCUT2D eigenvalue weighted by Gasteiger charge is -2.34. The molecule has 5 heteroatoms. The third-order valence-electron chi connectivity index (χ3n) is 4.05. The lowest BCUT2D eigenvalue weighted by atomic mass is 10.1. The first kappa shape index (κ1) is 15.8. The van der Waals surface area contributed by atoms with E-state index in [9.17, 15) is 9.59 Å². The Bertz CT molecular complexity index is 333. The van der Waals surface area contributed by atoms with Crippen LogP contribution in [0.5, 0.6) is 0 Å². The van der Waals surface area contributed by atoms with Crippen LogP contribution in [0.15, 0.2) is 0 Å². The van der Waals surface area contributed by atoms with Crippen molar-refractivity contribution >= 4 is 12.0 Å². The predicted octanol–water partition coefficient (Wildman–Crippen LogP) is 2.41. The van der Waals surface area contributed by atoms with Crippen LogP contribution in [-0.4, -0.2) is 52.1 Å². The molecule has 0 bridgehead atoms. The second-order valence-electron chi connectivity index (χ2n) is 5.46. The molecule has 1 rings (SSSR count). The first-order valence-corrected chi connectivity index (χ1v) is 7.22. The van der Waals surface area contributed by atoms with E-state index in [2.05, 4.69) is 13.8 Å². The highest BCUT2D eigenvalue weighted by Crippen LogP contribution is 2.27. The topological polar surface area (TPSA) is 60.9 Å². The predicted molar refractivity (Wildman–Crippen MR) is 74.1 cm³/mol. The van der Waals surface area contributed by atoms with Gasteiger partial charge in [0, 0.05) is 25.2 Å². The van der Waals surface area contributed by atoms with Crippen molar-refractivity contribution in [1.82, 2.24) is 9.80 Å². The number of hydrogen-bond acceptors (Lipinski definition) is 2. The molecule has 110 valence electrons. The van der Waals surface area contributed by atoms with E-state index < -0.39 is 11.9 Å². The maximum absolute atomic E-state index is 12.6. The van der Waals surface area contributed by atoms with Gasteiger partial charge in [-0.25, -0.2) is 4.79 Å². The number of aliphatic carboxylic acids is 1. The van der Waals surface area contributed by atoms with Crippen molar-refractivity contribution in [3.63, 3.8) is 0 Å². The lowest BCUT2D eigenvalue weighted by molar-refractivity contribution is -0.141. The Morgan fingerprint density at radius 1 is 1.37 bits per heavy atom. The molecular weight excluding hydrogens is 244 g/mol. The van der Waals surface area contributed by atoms with E-state index in [0.717, 1.165) is 19.3 Å². The average molecular weight is 270 g/mol. The number of rotatable bonds is 5. The molecule has 0 aliphatic carbocycles. The number of carbonyl (C=O) groups excluding carboxylic acids is 1. The zero-order valence-corrected chi connectivity index (χ0v) is 12.4. The molecule has 0 saturated carbocycles. The Hall–Kier alpha value is -1.26. The van der Waals surface area contributed by atoms with Gasteiger partial charge in [-0.15, -0.1) is 0 Å². The number of hydrogen-bond donors (Lipinski definition) is 1. The fourth-order valence-electron chi connectivity index (χ4n) is 2.73. The van der Waals surface area contributed by atoms with Gasteiger partial charge in [0.15, 0.2) is 0 Å². The average Bonchev–Trinajstić information content (AvgIpc) is 2.75. The summed E-state index contributed by atoms with van der Waals surface area (Å²) in [7, 11) is 0. The molecule has 0 radical (unpaired) electrons. The molecule has 1 aliphatic rings. The molecule has 1 saturated heterocycles. The maximum atomic E-state index is 12.6. The minimum Gasteiger partial charge on any atom is -0.481 e. The van der Waals surface area contributed by atoms with Gasteiger partial charge >= 0.3 is 12.0 Å². The van der Waals surface area contributed by atoms with Crippen molar-refractivity contribution in [2.75, 3.05) is 13.1 Å².